The molecule has 4 aliphatic rings. The fraction of sp³-hybridized carbons (Fsp3) is 0.154. The van der Waals surface area contributed by atoms with Crippen LogP contribution in [0.2, 0.25) is 10.0 Å². The van der Waals surface area contributed by atoms with E-state index >= 15 is 0 Å². The lowest BCUT2D eigenvalue weighted by Gasteiger charge is -2.37. The first-order chi connectivity index (χ1) is 17.0. The summed E-state index contributed by atoms with van der Waals surface area (Å²) in [5, 5.41) is 1.94. The van der Waals surface area contributed by atoms with Crippen LogP contribution >= 0.6 is 46.4 Å². The van der Waals surface area contributed by atoms with Crippen molar-refractivity contribution in [3.05, 3.63) is 67.7 Å². The number of amides is 4. The average molecular weight is 558 g/mol. The Labute approximate surface area is 223 Å². The number of likely N-dealkylation sites (N-methyl/N-ethyl adjacent to an activating group) is 2. The van der Waals surface area contributed by atoms with Gasteiger partial charge in [0, 0.05) is 62.2 Å². The summed E-state index contributed by atoms with van der Waals surface area (Å²) in [5.74, 6) is -2.63. The number of benzene rings is 3. The zero-order chi connectivity index (χ0) is 25.5. The summed E-state index contributed by atoms with van der Waals surface area (Å²) >= 11 is 27.4. The molecule has 0 unspecified atom stereocenters. The molecular formula is C26H12Cl4N2O4. The van der Waals surface area contributed by atoms with Crippen LogP contribution in [0.5, 0.6) is 0 Å². The predicted molar refractivity (Wildman–Crippen MR) is 139 cm³/mol. The minimum Gasteiger partial charge on any atom is -0.281 e. The molecule has 0 saturated carbocycles. The Morgan fingerprint density at radius 3 is 1.94 bits per heavy atom. The van der Waals surface area contributed by atoms with Gasteiger partial charge in [-0.25, -0.2) is 0 Å². The second kappa shape index (κ2) is 6.90. The summed E-state index contributed by atoms with van der Waals surface area (Å²) in [6, 6.07) is 3.06. The highest BCUT2D eigenvalue weighted by Gasteiger charge is 2.44. The van der Waals surface area contributed by atoms with E-state index in [2.05, 4.69) is 0 Å². The molecule has 4 amide bonds. The van der Waals surface area contributed by atoms with Crippen LogP contribution in [0.15, 0.2) is 24.3 Å². The average Bonchev–Trinajstić information content (AvgIpc) is 2.84. The number of hydrogen-bond acceptors (Lipinski definition) is 4. The summed E-state index contributed by atoms with van der Waals surface area (Å²) in [7, 11) is 2.83. The third kappa shape index (κ3) is 2.37. The van der Waals surface area contributed by atoms with Gasteiger partial charge in [0.1, 0.15) is 0 Å². The van der Waals surface area contributed by atoms with Crippen molar-refractivity contribution in [1.82, 2.24) is 9.80 Å². The first-order valence-corrected chi connectivity index (χ1v) is 12.5. The molecule has 10 heteroatoms. The third-order valence-corrected chi connectivity index (χ3v) is 8.82. The second-order valence-electron chi connectivity index (χ2n) is 9.24. The number of rotatable bonds is 0. The van der Waals surface area contributed by atoms with Crippen LogP contribution in [0, 0.1) is 0 Å². The quantitative estimate of drug-likeness (QED) is 0.196. The van der Waals surface area contributed by atoms with Crippen molar-refractivity contribution in [2.75, 3.05) is 14.1 Å². The van der Waals surface area contributed by atoms with Gasteiger partial charge in [0.2, 0.25) is 5.91 Å². The van der Waals surface area contributed by atoms with E-state index in [0.717, 1.165) is 9.80 Å². The SMILES string of the molecule is CN1C(=O)C2=C[C@H](Cl)c3c4c5c6c(cc(Cl)c5c5c(Cl)cc(c2c35)C1=O)C(=O)N(C)C(=O)[C@H]6C=C4Cl. The molecular weight excluding hydrogens is 546 g/mol. The number of nitrogens with zero attached hydrogens (tertiary/aromatic N) is 2. The van der Waals surface area contributed by atoms with Crippen molar-refractivity contribution in [3.8, 4) is 0 Å². The van der Waals surface area contributed by atoms with Crippen molar-refractivity contribution in [1.29, 1.82) is 0 Å². The van der Waals surface area contributed by atoms with Crippen LogP contribution in [-0.4, -0.2) is 47.5 Å². The molecule has 0 fully saturated rings. The summed E-state index contributed by atoms with van der Waals surface area (Å²) in [6.07, 6.45) is 3.20. The van der Waals surface area contributed by atoms with Gasteiger partial charge in [-0.15, -0.1) is 11.6 Å². The molecule has 36 heavy (non-hydrogen) atoms. The van der Waals surface area contributed by atoms with Crippen molar-refractivity contribution in [3.63, 3.8) is 0 Å². The second-order valence-corrected chi connectivity index (χ2v) is 10.9. The number of fused-ring (bicyclic) bond motifs is 2. The van der Waals surface area contributed by atoms with E-state index in [1.54, 1.807) is 12.2 Å². The molecule has 0 N–H and O–H groups in total. The van der Waals surface area contributed by atoms with E-state index < -0.39 is 34.9 Å². The number of alkyl halides is 1. The fourth-order valence-electron chi connectivity index (χ4n) is 6.01. The Morgan fingerprint density at radius 2 is 1.28 bits per heavy atom. The van der Waals surface area contributed by atoms with Crippen LogP contribution in [-0.2, 0) is 9.59 Å². The standard InChI is InChI=1S/C26H12Cl4N2O4/c1-31-23(33)7-3-11(27)17-19-13(29)5-9-16-10(26(36)32(2)25(9)35)6-14(30)20(22(16)19)18-12(28)4-8(24(31)34)15(7)21(17)18/h3-7,13H,1-2H3/t7-,13-/m0/s1. The van der Waals surface area contributed by atoms with Gasteiger partial charge in [-0.1, -0.05) is 34.8 Å². The number of halogens is 4. The fourth-order valence-corrected chi connectivity index (χ4v) is 7.27. The maximum absolute atomic E-state index is 13.1. The Kier molecular flexibility index (Phi) is 4.27. The lowest BCUT2D eigenvalue weighted by molar-refractivity contribution is -0.128. The van der Waals surface area contributed by atoms with Crippen molar-refractivity contribution in [2.45, 2.75) is 11.3 Å². The predicted octanol–water partition coefficient (Wildman–Crippen LogP) is 5.88. The van der Waals surface area contributed by atoms with E-state index in [9.17, 15) is 19.2 Å². The number of carbonyl (C=O) groups is 4. The Hall–Kier alpha value is -2.90. The normalized spacial score (nSPS) is 22.1. The van der Waals surface area contributed by atoms with Gasteiger partial charge >= 0.3 is 0 Å². The number of imide groups is 2. The monoisotopic (exact) mass is 556 g/mol. The summed E-state index contributed by atoms with van der Waals surface area (Å²) in [5.41, 5.74) is 2.86. The van der Waals surface area contributed by atoms with Gasteiger partial charge < -0.3 is 0 Å². The first kappa shape index (κ1) is 22.3. The molecule has 2 heterocycles. The van der Waals surface area contributed by atoms with Crippen LogP contribution in [0.3, 0.4) is 0 Å². The maximum Gasteiger partial charge on any atom is 0.261 e. The Bertz CT molecular complexity index is 1800. The highest BCUT2D eigenvalue weighted by Crippen LogP contribution is 2.57. The maximum atomic E-state index is 13.1. The van der Waals surface area contributed by atoms with Gasteiger partial charge in [0.05, 0.1) is 16.9 Å². The van der Waals surface area contributed by atoms with Crippen LogP contribution < -0.4 is 0 Å². The molecule has 0 saturated heterocycles. The van der Waals surface area contributed by atoms with Gasteiger partial charge in [-0.05, 0) is 46.2 Å². The zero-order valence-corrected chi connectivity index (χ0v) is 21.5. The highest BCUT2D eigenvalue weighted by atomic mass is 35.5. The lowest BCUT2D eigenvalue weighted by Crippen LogP contribution is -2.42. The smallest absolute Gasteiger partial charge is 0.261 e. The van der Waals surface area contributed by atoms with E-state index in [1.165, 1.54) is 26.2 Å². The molecule has 0 aromatic heterocycles. The third-order valence-electron chi connectivity index (χ3n) is 7.56. The highest BCUT2D eigenvalue weighted by molar-refractivity contribution is 6.54. The van der Waals surface area contributed by atoms with E-state index in [0.29, 0.717) is 54.9 Å². The van der Waals surface area contributed by atoms with Crippen LogP contribution in [0.4, 0.5) is 0 Å². The molecule has 0 bridgehead atoms. The Morgan fingerprint density at radius 1 is 0.694 bits per heavy atom. The first-order valence-electron chi connectivity index (χ1n) is 10.9. The van der Waals surface area contributed by atoms with Crippen molar-refractivity contribution < 1.29 is 19.2 Å². The number of carbonyl (C=O) groups excluding carboxylic acids is 4. The molecule has 0 radical (unpaired) electrons. The molecule has 2 atom stereocenters. The summed E-state index contributed by atoms with van der Waals surface area (Å²) in [4.78, 5) is 54.5. The van der Waals surface area contributed by atoms with Crippen LogP contribution in [0.25, 0.3) is 32.2 Å². The molecule has 178 valence electrons. The molecule has 0 spiro atoms. The van der Waals surface area contributed by atoms with Crippen molar-refractivity contribution in [2.24, 2.45) is 0 Å². The van der Waals surface area contributed by atoms with Crippen molar-refractivity contribution >= 4 is 102 Å². The topological polar surface area (TPSA) is 74.8 Å². The van der Waals surface area contributed by atoms with Gasteiger partial charge in [-0.2, -0.15) is 0 Å². The van der Waals surface area contributed by atoms with E-state index in [1.807, 2.05) is 0 Å². The molecule has 2 aliphatic heterocycles. The van der Waals surface area contributed by atoms with Gasteiger partial charge in [-0.3, -0.25) is 29.0 Å². The van der Waals surface area contributed by atoms with E-state index in [-0.39, 0.29) is 20.6 Å². The minimum atomic E-state index is -0.808. The Balaban J connectivity index is 1.79. The number of allylic oxidation sites excluding steroid dienone is 1. The molecule has 7 rings (SSSR count). The largest absolute Gasteiger partial charge is 0.281 e. The minimum absolute atomic E-state index is 0.229. The molecule has 3 aromatic rings. The molecule has 2 aliphatic carbocycles. The van der Waals surface area contributed by atoms with E-state index in [4.69, 9.17) is 46.4 Å². The summed E-state index contributed by atoms with van der Waals surface area (Å²) < 4.78 is 0. The van der Waals surface area contributed by atoms with Gasteiger partial charge in [0.15, 0.2) is 0 Å². The van der Waals surface area contributed by atoms with Gasteiger partial charge in [0.25, 0.3) is 17.7 Å². The zero-order valence-electron chi connectivity index (χ0n) is 18.5. The molecule has 3 aromatic carbocycles. The number of hydrogen-bond donors (Lipinski definition) is 0. The molecule has 6 nitrogen and oxygen atoms in total. The summed E-state index contributed by atoms with van der Waals surface area (Å²) in [6.45, 7) is 0. The van der Waals surface area contributed by atoms with Crippen LogP contribution in [0.1, 0.15) is 54.3 Å². The lowest BCUT2D eigenvalue weighted by atomic mass is 9.73.